The normalized spacial score (nSPS) is 14.9. The van der Waals surface area contributed by atoms with E-state index in [1.165, 1.54) is 18.4 Å². The fraction of sp³-hybridized carbons (Fsp3) is 0.360. The summed E-state index contributed by atoms with van der Waals surface area (Å²) in [5, 5.41) is 5.22. The van der Waals surface area contributed by atoms with Gasteiger partial charge in [-0.2, -0.15) is 0 Å². The molecule has 1 aliphatic rings. The van der Waals surface area contributed by atoms with E-state index in [9.17, 15) is 4.79 Å². The number of nitrogens with zero attached hydrogens (tertiary/aromatic N) is 2. The van der Waals surface area contributed by atoms with E-state index in [1.54, 1.807) is 30.2 Å². The van der Waals surface area contributed by atoms with Crippen molar-refractivity contribution in [3.63, 3.8) is 0 Å². The molecule has 0 saturated carbocycles. The molecule has 1 amide bonds. The number of aromatic nitrogens is 1. The summed E-state index contributed by atoms with van der Waals surface area (Å²) in [7, 11) is 1.70. The molecule has 0 radical (unpaired) electrons. The molecule has 1 aromatic heterocycles. The lowest BCUT2D eigenvalue weighted by Crippen LogP contribution is -2.37. The quantitative estimate of drug-likeness (QED) is 0.432. The van der Waals surface area contributed by atoms with Crippen LogP contribution in [0.3, 0.4) is 0 Å². The first-order valence-corrected chi connectivity index (χ1v) is 12.8. The number of benzene rings is 2. The summed E-state index contributed by atoms with van der Waals surface area (Å²) in [5.74, 6) is 1.68. The zero-order chi connectivity index (χ0) is 22.3. The van der Waals surface area contributed by atoms with Gasteiger partial charge in [-0.25, -0.2) is 4.98 Å². The van der Waals surface area contributed by atoms with Crippen LogP contribution in [0, 0.1) is 6.92 Å². The SMILES string of the molecule is COc1ccccc1C(CNC(=O)c1ccc(CSc2nc(C)cs2)cc1)N1CCCC1. The van der Waals surface area contributed by atoms with Gasteiger partial charge in [0.25, 0.3) is 5.91 Å². The number of para-hydroxylation sites is 1. The van der Waals surface area contributed by atoms with Crippen LogP contribution in [0.2, 0.25) is 0 Å². The maximum Gasteiger partial charge on any atom is 0.251 e. The number of carbonyl (C=O) groups excluding carboxylic acids is 1. The minimum atomic E-state index is -0.0427. The van der Waals surface area contributed by atoms with Crippen LogP contribution in [0.15, 0.2) is 58.3 Å². The zero-order valence-electron chi connectivity index (χ0n) is 18.5. The molecule has 4 rings (SSSR count). The number of aryl methyl sites for hydroxylation is 1. The second-order valence-corrected chi connectivity index (χ2v) is 10.0. The standard InChI is InChI=1S/C25H29N3O2S2/c1-18-16-31-25(27-18)32-17-19-9-11-20(12-10-19)24(29)26-15-22(28-13-5-6-14-28)21-7-3-4-8-23(21)30-2/h3-4,7-12,16,22H,5-6,13-15,17H2,1-2H3,(H,26,29). The Hall–Kier alpha value is -2.35. The van der Waals surface area contributed by atoms with Gasteiger partial charge < -0.3 is 10.1 Å². The highest BCUT2D eigenvalue weighted by Crippen LogP contribution is 2.31. The van der Waals surface area contributed by atoms with Gasteiger partial charge in [0.15, 0.2) is 0 Å². The molecule has 3 aromatic rings. The second kappa shape index (κ2) is 11.0. The highest BCUT2D eigenvalue weighted by atomic mass is 32.2. The molecule has 7 heteroatoms. The maximum absolute atomic E-state index is 12.9. The third-order valence-electron chi connectivity index (χ3n) is 5.71. The van der Waals surface area contributed by atoms with Crippen LogP contribution in [-0.4, -0.2) is 42.5 Å². The molecule has 32 heavy (non-hydrogen) atoms. The van der Waals surface area contributed by atoms with Crippen molar-refractivity contribution in [1.29, 1.82) is 0 Å². The number of hydrogen-bond acceptors (Lipinski definition) is 6. The predicted octanol–water partition coefficient (Wildman–Crippen LogP) is 5.32. The monoisotopic (exact) mass is 467 g/mol. The van der Waals surface area contributed by atoms with E-state index in [0.29, 0.717) is 12.1 Å². The molecule has 1 unspecified atom stereocenters. The van der Waals surface area contributed by atoms with E-state index in [1.807, 2.05) is 49.4 Å². The number of carbonyl (C=O) groups is 1. The summed E-state index contributed by atoms with van der Waals surface area (Å²) >= 11 is 3.40. The lowest BCUT2D eigenvalue weighted by Gasteiger charge is -2.29. The minimum Gasteiger partial charge on any atom is -0.496 e. The Morgan fingerprint density at radius 1 is 1.19 bits per heavy atom. The van der Waals surface area contributed by atoms with Crippen LogP contribution in [0.5, 0.6) is 5.75 Å². The van der Waals surface area contributed by atoms with Crippen LogP contribution < -0.4 is 10.1 Å². The first kappa shape index (κ1) is 22.8. The molecule has 1 N–H and O–H groups in total. The molecule has 1 atom stereocenters. The number of rotatable bonds is 9. The summed E-state index contributed by atoms with van der Waals surface area (Å²) in [6.07, 6.45) is 2.39. The Morgan fingerprint density at radius 3 is 2.62 bits per heavy atom. The third kappa shape index (κ3) is 5.71. The first-order chi connectivity index (χ1) is 15.6. The molecule has 0 bridgehead atoms. The van der Waals surface area contributed by atoms with Crippen molar-refractivity contribution in [2.75, 3.05) is 26.7 Å². The van der Waals surface area contributed by atoms with Crippen molar-refractivity contribution in [1.82, 2.24) is 15.2 Å². The molecule has 0 aliphatic carbocycles. The number of thiazole rings is 1. The number of thioether (sulfide) groups is 1. The van der Waals surface area contributed by atoms with Gasteiger partial charge >= 0.3 is 0 Å². The Labute approximate surface area is 198 Å². The van der Waals surface area contributed by atoms with Crippen LogP contribution in [0.1, 0.15) is 46.1 Å². The zero-order valence-corrected chi connectivity index (χ0v) is 20.2. The molecule has 0 spiro atoms. The highest BCUT2D eigenvalue weighted by Gasteiger charge is 2.26. The molecule has 1 saturated heterocycles. The van der Waals surface area contributed by atoms with Gasteiger partial charge in [0, 0.05) is 34.5 Å². The van der Waals surface area contributed by atoms with E-state index in [-0.39, 0.29) is 11.9 Å². The van der Waals surface area contributed by atoms with Crippen molar-refractivity contribution in [3.05, 3.63) is 76.3 Å². The Balaban J connectivity index is 1.38. The Kier molecular flexibility index (Phi) is 7.84. The van der Waals surface area contributed by atoms with Crippen molar-refractivity contribution in [3.8, 4) is 5.75 Å². The number of nitrogens with one attached hydrogen (secondary N) is 1. The second-order valence-electron chi connectivity index (χ2n) is 7.95. The van der Waals surface area contributed by atoms with Gasteiger partial charge in [-0.3, -0.25) is 9.69 Å². The van der Waals surface area contributed by atoms with E-state index < -0.39 is 0 Å². The summed E-state index contributed by atoms with van der Waals surface area (Å²) in [6, 6.07) is 16.1. The van der Waals surface area contributed by atoms with Crippen LogP contribution in [-0.2, 0) is 5.75 Å². The molecule has 5 nitrogen and oxygen atoms in total. The Bertz CT molecular complexity index is 1030. The minimum absolute atomic E-state index is 0.0427. The fourth-order valence-electron chi connectivity index (χ4n) is 4.02. The van der Waals surface area contributed by atoms with Crippen molar-refractivity contribution >= 4 is 29.0 Å². The molecular formula is C25H29N3O2S2. The summed E-state index contributed by atoms with van der Waals surface area (Å²) in [4.78, 5) is 19.8. The first-order valence-electron chi connectivity index (χ1n) is 10.9. The van der Waals surface area contributed by atoms with Crippen LogP contribution >= 0.6 is 23.1 Å². The lowest BCUT2D eigenvalue weighted by molar-refractivity contribution is 0.0937. The average Bonchev–Trinajstić information content (AvgIpc) is 3.50. The Morgan fingerprint density at radius 2 is 1.94 bits per heavy atom. The smallest absolute Gasteiger partial charge is 0.251 e. The highest BCUT2D eigenvalue weighted by molar-refractivity contribution is 8.00. The van der Waals surface area contributed by atoms with Crippen molar-refractivity contribution in [2.24, 2.45) is 0 Å². The molecular weight excluding hydrogens is 438 g/mol. The largest absolute Gasteiger partial charge is 0.496 e. The van der Waals surface area contributed by atoms with Crippen molar-refractivity contribution in [2.45, 2.75) is 35.9 Å². The number of hydrogen-bond donors (Lipinski definition) is 1. The predicted molar refractivity (Wildman–Crippen MR) is 132 cm³/mol. The third-order valence-corrected chi connectivity index (χ3v) is 7.92. The molecule has 1 fully saturated rings. The number of amides is 1. The molecule has 2 aromatic carbocycles. The van der Waals surface area contributed by atoms with Crippen LogP contribution in [0.25, 0.3) is 0 Å². The van der Waals surface area contributed by atoms with Gasteiger partial charge in [-0.1, -0.05) is 42.1 Å². The van der Waals surface area contributed by atoms with Crippen molar-refractivity contribution < 1.29 is 9.53 Å². The lowest BCUT2D eigenvalue weighted by atomic mass is 10.0. The van der Waals surface area contributed by atoms with Gasteiger partial charge in [-0.15, -0.1) is 11.3 Å². The van der Waals surface area contributed by atoms with Gasteiger partial charge in [-0.05, 0) is 56.6 Å². The number of methoxy groups -OCH3 is 1. The summed E-state index contributed by atoms with van der Waals surface area (Å²) in [6.45, 7) is 4.66. The summed E-state index contributed by atoms with van der Waals surface area (Å²) < 4.78 is 6.68. The van der Waals surface area contributed by atoms with E-state index >= 15 is 0 Å². The number of ether oxygens (including phenoxy) is 1. The molecule has 2 heterocycles. The molecule has 168 valence electrons. The number of likely N-dealkylation sites (tertiary alicyclic amines) is 1. The van der Waals surface area contributed by atoms with Gasteiger partial charge in [0.1, 0.15) is 10.1 Å². The molecule has 1 aliphatic heterocycles. The van der Waals surface area contributed by atoms with Crippen LogP contribution in [0.4, 0.5) is 0 Å². The van der Waals surface area contributed by atoms with E-state index in [4.69, 9.17) is 4.74 Å². The van der Waals surface area contributed by atoms with E-state index in [2.05, 4.69) is 26.6 Å². The fourth-order valence-corrected chi connectivity index (χ4v) is 5.82. The summed E-state index contributed by atoms with van der Waals surface area (Å²) in [5.41, 5.74) is 4.05. The van der Waals surface area contributed by atoms with Gasteiger partial charge in [0.05, 0.1) is 13.2 Å². The van der Waals surface area contributed by atoms with E-state index in [0.717, 1.165) is 40.2 Å². The average molecular weight is 468 g/mol. The maximum atomic E-state index is 12.9. The topological polar surface area (TPSA) is 54.5 Å². The van der Waals surface area contributed by atoms with Gasteiger partial charge in [0.2, 0.25) is 0 Å².